The van der Waals surface area contributed by atoms with Crippen LogP contribution in [0.15, 0.2) is 48.5 Å². The lowest BCUT2D eigenvalue weighted by Crippen LogP contribution is -2.40. The molecule has 4 rings (SSSR count). The highest BCUT2D eigenvalue weighted by Crippen LogP contribution is 2.48. The Morgan fingerprint density at radius 1 is 1.08 bits per heavy atom. The average Bonchev–Trinajstić information content (AvgIpc) is 3.53. The van der Waals surface area contributed by atoms with Gasteiger partial charge in [0, 0.05) is 24.4 Å². The molecule has 1 amide bonds. The van der Waals surface area contributed by atoms with Crippen molar-refractivity contribution < 1.29 is 28.5 Å². The molecular weight excluding hydrogens is 458 g/mol. The Labute approximate surface area is 213 Å². The van der Waals surface area contributed by atoms with Crippen molar-refractivity contribution in [2.24, 2.45) is 5.41 Å². The van der Waals surface area contributed by atoms with Crippen LogP contribution in [0.3, 0.4) is 0 Å². The number of carbonyl (C=O) groups is 2. The summed E-state index contributed by atoms with van der Waals surface area (Å²) in [6.45, 7) is 6.94. The number of ether oxygens (including phenoxy) is 4. The van der Waals surface area contributed by atoms with E-state index in [1.807, 2.05) is 43.3 Å². The third-order valence-corrected chi connectivity index (χ3v) is 7.66. The molecule has 1 heterocycles. The van der Waals surface area contributed by atoms with Crippen LogP contribution in [-0.2, 0) is 9.47 Å². The lowest BCUT2D eigenvalue weighted by atomic mass is 9.72. The van der Waals surface area contributed by atoms with Gasteiger partial charge in [0.15, 0.2) is 11.5 Å². The monoisotopic (exact) mass is 495 g/mol. The molecule has 1 aliphatic carbocycles. The molecule has 0 radical (unpaired) electrons. The second-order valence-electron chi connectivity index (χ2n) is 9.99. The van der Waals surface area contributed by atoms with E-state index in [9.17, 15) is 9.59 Å². The molecule has 2 aromatic carbocycles. The zero-order valence-electron chi connectivity index (χ0n) is 21.7. The summed E-state index contributed by atoms with van der Waals surface area (Å²) in [7, 11) is 1.64. The first-order valence-corrected chi connectivity index (χ1v) is 12.9. The van der Waals surface area contributed by atoms with Gasteiger partial charge in [0.25, 0.3) is 0 Å². The SMILES string of the molecule is CCOC(=O)N1C[C@@H](c2ccc(OC)c(OC3CCCC3)c2)[C@](C)([C@@H](C)OC(=O)c2ccccc2)C1. The fourth-order valence-corrected chi connectivity index (χ4v) is 5.39. The van der Waals surface area contributed by atoms with Gasteiger partial charge in [0.2, 0.25) is 0 Å². The maximum Gasteiger partial charge on any atom is 0.409 e. The van der Waals surface area contributed by atoms with Crippen molar-refractivity contribution in [2.75, 3.05) is 26.8 Å². The average molecular weight is 496 g/mol. The summed E-state index contributed by atoms with van der Waals surface area (Å²) >= 11 is 0. The van der Waals surface area contributed by atoms with Gasteiger partial charge in [-0.2, -0.15) is 0 Å². The molecule has 0 unspecified atom stereocenters. The van der Waals surface area contributed by atoms with Crippen molar-refractivity contribution >= 4 is 12.1 Å². The van der Waals surface area contributed by atoms with E-state index in [0.717, 1.165) is 18.4 Å². The number of rotatable bonds is 8. The molecule has 0 N–H and O–H groups in total. The molecule has 0 aromatic heterocycles. The highest BCUT2D eigenvalue weighted by atomic mass is 16.6. The number of esters is 1. The van der Waals surface area contributed by atoms with Crippen LogP contribution in [0.5, 0.6) is 11.5 Å². The summed E-state index contributed by atoms with van der Waals surface area (Å²) in [5.41, 5.74) is 0.971. The standard InChI is InChI=1S/C29H37NO6/c1-5-34-28(32)30-18-24(22-15-16-25(33-4)26(17-22)36-23-13-9-10-14-23)29(3,19-30)20(2)35-27(31)21-11-7-6-8-12-21/h6-8,11-12,15-17,20,23-24H,5,9-10,13-14,18-19H2,1-4H3/t20-,24+,29+/m1/s1. The van der Waals surface area contributed by atoms with Crippen LogP contribution < -0.4 is 9.47 Å². The van der Waals surface area contributed by atoms with Crippen molar-refractivity contribution in [3.05, 3.63) is 59.7 Å². The molecular formula is C29H37NO6. The van der Waals surface area contributed by atoms with Crippen LogP contribution in [0.4, 0.5) is 4.79 Å². The Balaban J connectivity index is 1.63. The van der Waals surface area contributed by atoms with Crippen molar-refractivity contribution in [2.45, 2.75) is 64.6 Å². The number of likely N-dealkylation sites (tertiary alicyclic amines) is 1. The molecule has 194 valence electrons. The minimum Gasteiger partial charge on any atom is -0.493 e. The number of hydrogen-bond donors (Lipinski definition) is 0. The van der Waals surface area contributed by atoms with Gasteiger partial charge in [0.1, 0.15) is 6.10 Å². The van der Waals surface area contributed by atoms with E-state index < -0.39 is 11.5 Å². The van der Waals surface area contributed by atoms with Gasteiger partial charge in [-0.05, 0) is 69.4 Å². The Morgan fingerprint density at radius 3 is 2.47 bits per heavy atom. The van der Waals surface area contributed by atoms with Crippen molar-refractivity contribution in [1.82, 2.24) is 4.90 Å². The van der Waals surface area contributed by atoms with E-state index in [2.05, 4.69) is 6.92 Å². The molecule has 2 aliphatic rings. The highest BCUT2D eigenvalue weighted by molar-refractivity contribution is 5.89. The molecule has 2 fully saturated rings. The van der Waals surface area contributed by atoms with Crippen LogP contribution in [-0.4, -0.2) is 56.0 Å². The Hall–Kier alpha value is -3.22. The van der Waals surface area contributed by atoms with E-state index in [0.29, 0.717) is 36.8 Å². The van der Waals surface area contributed by atoms with Gasteiger partial charge in [-0.3, -0.25) is 0 Å². The summed E-state index contributed by atoms with van der Waals surface area (Å²) in [5, 5.41) is 0. The summed E-state index contributed by atoms with van der Waals surface area (Å²) in [4.78, 5) is 27.3. The Kier molecular flexibility index (Phi) is 8.07. The van der Waals surface area contributed by atoms with Crippen LogP contribution >= 0.6 is 0 Å². The van der Waals surface area contributed by atoms with E-state index in [1.165, 1.54) is 12.8 Å². The number of nitrogens with zero attached hydrogens (tertiary/aromatic N) is 1. The topological polar surface area (TPSA) is 74.3 Å². The van der Waals surface area contributed by atoms with Gasteiger partial charge in [-0.15, -0.1) is 0 Å². The second-order valence-corrected chi connectivity index (χ2v) is 9.99. The minimum atomic E-state index is -0.545. The maximum absolute atomic E-state index is 12.9. The first-order valence-electron chi connectivity index (χ1n) is 12.9. The molecule has 7 nitrogen and oxygen atoms in total. The zero-order chi connectivity index (χ0) is 25.7. The van der Waals surface area contributed by atoms with Gasteiger partial charge in [-0.25, -0.2) is 9.59 Å². The van der Waals surface area contributed by atoms with Gasteiger partial charge >= 0.3 is 12.1 Å². The molecule has 1 saturated heterocycles. The molecule has 2 aromatic rings. The Morgan fingerprint density at radius 2 is 1.81 bits per heavy atom. The first-order chi connectivity index (χ1) is 17.4. The van der Waals surface area contributed by atoms with Gasteiger partial charge in [-0.1, -0.05) is 31.2 Å². The zero-order valence-corrected chi connectivity index (χ0v) is 21.7. The first kappa shape index (κ1) is 25.9. The largest absolute Gasteiger partial charge is 0.493 e. The Bertz CT molecular complexity index is 1050. The number of hydrogen-bond acceptors (Lipinski definition) is 6. The fourth-order valence-electron chi connectivity index (χ4n) is 5.39. The predicted octanol–water partition coefficient (Wildman–Crippen LogP) is 5.82. The van der Waals surface area contributed by atoms with E-state index in [1.54, 1.807) is 31.1 Å². The third kappa shape index (κ3) is 5.45. The van der Waals surface area contributed by atoms with Crippen LogP contribution in [0.1, 0.15) is 68.3 Å². The third-order valence-electron chi connectivity index (χ3n) is 7.66. The van der Waals surface area contributed by atoms with E-state index in [-0.39, 0.29) is 24.1 Å². The fraction of sp³-hybridized carbons (Fsp3) is 0.517. The van der Waals surface area contributed by atoms with E-state index in [4.69, 9.17) is 18.9 Å². The molecule has 3 atom stereocenters. The maximum atomic E-state index is 12.9. The van der Waals surface area contributed by atoms with Crippen LogP contribution in [0, 0.1) is 5.41 Å². The quantitative estimate of drug-likeness (QED) is 0.430. The van der Waals surface area contributed by atoms with Gasteiger partial charge < -0.3 is 23.8 Å². The summed E-state index contributed by atoms with van der Waals surface area (Å²) in [6, 6.07) is 14.9. The van der Waals surface area contributed by atoms with Crippen LogP contribution in [0.2, 0.25) is 0 Å². The molecule has 1 saturated carbocycles. The molecule has 7 heteroatoms. The summed E-state index contributed by atoms with van der Waals surface area (Å²) in [6.07, 6.45) is 3.79. The predicted molar refractivity (Wildman–Crippen MR) is 137 cm³/mol. The van der Waals surface area contributed by atoms with Crippen molar-refractivity contribution in [3.63, 3.8) is 0 Å². The van der Waals surface area contributed by atoms with Gasteiger partial charge in [0.05, 0.1) is 25.4 Å². The van der Waals surface area contributed by atoms with Crippen molar-refractivity contribution in [1.29, 1.82) is 0 Å². The number of benzene rings is 2. The molecule has 0 spiro atoms. The lowest BCUT2D eigenvalue weighted by Gasteiger charge is -2.36. The highest BCUT2D eigenvalue weighted by Gasteiger charge is 2.51. The summed E-state index contributed by atoms with van der Waals surface area (Å²) < 4.78 is 23.2. The minimum absolute atomic E-state index is 0.0997. The molecule has 1 aliphatic heterocycles. The second kappa shape index (κ2) is 11.2. The van der Waals surface area contributed by atoms with E-state index >= 15 is 0 Å². The number of amides is 1. The van der Waals surface area contributed by atoms with Crippen molar-refractivity contribution in [3.8, 4) is 11.5 Å². The number of carbonyl (C=O) groups excluding carboxylic acids is 2. The number of methoxy groups -OCH3 is 1. The summed E-state index contributed by atoms with van der Waals surface area (Å²) in [5.74, 6) is 0.930. The molecule has 36 heavy (non-hydrogen) atoms. The van der Waals surface area contributed by atoms with Crippen LogP contribution in [0.25, 0.3) is 0 Å². The smallest absolute Gasteiger partial charge is 0.409 e. The molecule has 0 bridgehead atoms. The lowest BCUT2D eigenvalue weighted by molar-refractivity contribution is -0.00698. The normalized spacial score (nSPS) is 22.8.